The largest absolute Gasteiger partial charge is 0.469 e. The first-order valence-corrected chi connectivity index (χ1v) is 7.12. The second kappa shape index (κ2) is 4.49. The van der Waals surface area contributed by atoms with Crippen LogP contribution in [0.15, 0.2) is 0 Å². The highest BCUT2D eigenvalue weighted by Crippen LogP contribution is 2.60. The highest BCUT2D eigenvalue weighted by molar-refractivity contribution is 5.73. The number of carbonyl (C=O) groups excluding carboxylic acids is 1. The number of piperazine rings is 1. The number of likely N-dealkylation sites (N-methyl/N-ethyl adjacent to an activating group) is 1. The van der Waals surface area contributed by atoms with Crippen LogP contribution < -0.4 is 0 Å². The van der Waals surface area contributed by atoms with Crippen molar-refractivity contribution in [1.82, 2.24) is 9.80 Å². The molecule has 1 saturated heterocycles. The summed E-state index contributed by atoms with van der Waals surface area (Å²) < 4.78 is 4.82. The lowest BCUT2D eigenvalue weighted by Crippen LogP contribution is -2.60. The zero-order valence-electron chi connectivity index (χ0n) is 11.5. The molecule has 1 heterocycles. The number of esters is 1. The van der Waals surface area contributed by atoms with Gasteiger partial charge in [-0.25, -0.2) is 0 Å². The van der Waals surface area contributed by atoms with Gasteiger partial charge in [0.05, 0.1) is 13.0 Å². The van der Waals surface area contributed by atoms with Gasteiger partial charge in [0, 0.05) is 32.2 Å². The molecule has 0 aromatic rings. The lowest BCUT2D eigenvalue weighted by Gasteiger charge is -2.60. The van der Waals surface area contributed by atoms with Gasteiger partial charge in [-0.1, -0.05) is 0 Å². The minimum absolute atomic E-state index is 0.00340. The predicted molar refractivity (Wildman–Crippen MR) is 69.3 cm³/mol. The van der Waals surface area contributed by atoms with Crippen LogP contribution in [0.5, 0.6) is 0 Å². The van der Waals surface area contributed by atoms with E-state index in [0.717, 1.165) is 18.9 Å². The molecule has 0 bridgehead atoms. The van der Waals surface area contributed by atoms with E-state index in [4.69, 9.17) is 4.74 Å². The Balaban J connectivity index is 1.43. The van der Waals surface area contributed by atoms with Crippen molar-refractivity contribution in [2.75, 3.05) is 40.3 Å². The second-order valence-corrected chi connectivity index (χ2v) is 6.53. The summed E-state index contributed by atoms with van der Waals surface area (Å²) in [5, 5.41) is 0. The molecule has 2 aliphatic carbocycles. The molecule has 0 radical (unpaired) electrons. The summed E-state index contributed by atoms with van der Waals surface area (Å²) in [7, 11) is 3.70. The quantitative estimate of drug-likeness (QED) is 0.686. The zero-order chi connectivity index (χ0) is 12.8. The molecule has 4 heteroatoms. The number of carbonyl (C=O) groups is 1. The Hall–Kier alpha value is -0.610. The van der Waals surface area contributed by atoms with Crippen LogP contribution in [0.25, 0.3) is 0 Å². The van der Waals surface area contributed by atoms with E-state index < -0.39 is 0 Å². The van der Waals surface area contributed by atoms with Gasteiger partial charge in [0.25, 0.3) is 0 Å². The maximum atomic E-state index is 11.4. The van der Waals surface area contributed by atoms with Gasteiger partial charge in [-0.3, -0.25) is 9.69 Å². The molecule has 102 valence electrons. The average molecular weight is 252 g/mol. The number of rotatable bonds is 2. The zero-order valence-corrected chi connectivity index (χ0v) is 11.5. The number of hydrogen-bond donors (Lipinski definition) is 0. The summed E-state index contributed by atoms with van der Waals surface area (Å²) in [6.45, 7) is 4.85. The molecule has 0 atom stereocenters. The lowest BCUT2D eigenvalue weighted by molar-refractivity contribution is -0.163. The number of methoxy groups -OCH3 is 1. The molecule has 0 amide bonds. The Morgan fingerprint density at radius 3 is 2.28 bits per heavy atom. The van der Waals surface area contributed by atoms with E-state index >= 15 is 0 Å². The summed E-state index contributed by atoms with van der Waals surface area (Å²) >= 11 is 0. The van der Waals surface area contributed by atoms with Crippen LogP contribution in [0.3, 0.4) is 0 Å². The van der Waals surface area contributed by atoms with E-state index in [1.54, 1.807) is 0 Å². The Morgan fingerprint density at radius 2 is 1.72 bits per heavy atom. The van der Waals surface area contributed by atoms with Crippen molar-refractivity contribution < 1.29 is 9.53 Å². The van der Waals surface area contributed by atoms with E-state index in [1.165, 1.54) is 46.1 Å². The minimum atomic E-state index is 0.00340. The van der Waals surface area contributed by atoms with Gasteiger partial charge in [0.1, 0.15) is 0 Å². The molecule has 4 nitrogen and oxygen atoms in total. The van der Waals surface area contributed by atoms with E-state index in [1.807, 2.05) is 0 Å². The molecule has 1 spiro atoms. The molecule has 0 unspecified atom stereocenters. The van der Waals surface area contributed by atoms with Crippen molar-refractivity contribution in [2.24, 2.45) is 11.3 Å². The first-order chi connectivity index (χ1) is 8.62. The Kier molecular flexibility index (Phi) is 3.10. The maximum absolute atomic E-state index is 11.4. The van der Waals surface area contributed by atoms with Crippen LogP contribution in [-0.2, 0) is 9.53 Å². The molecule has 0 aromatic heterocycles. The molecular formula is C14H24N2O2. The monoisotopic (exact) mass is 252 g/mol. The van der Waals surface area contributed by atoms with Gasteiger partial charge >= 0.3 is 5.97 Å². The van der Waals surface area contributed by atoms with Crippen molar-refractivity contribution in [3.63, 3.8) is 0 Å². The summed E-state index contributed by atoms with van der Waals surface area (Å²) in [5.74, 6) is 0.201. The number of nitrogens with zero attached hydrogens (tertiary/aromatic N) is 2. The predicted octanol–water partition coefficient (Wildman–Crippen LogP) is 0.966. The van der Waals surface area contributed by atoms with Crippen LogP contribution in [0.4, 0.5) is 0 Å². The fourth-order valence-electron chi connectivity index (χ4n) is 4.04. The van der Waals surface area contributed by atoms with E-state index in [-0.39, 0.29) is 11.9 Å². The van der Waals surface area contributed by atoms with Crippen molar-refractivity contribution in [1.29, 1.82) is 0 Å². The van der Waals surface area contributed by atoms with Gasteiger partial charge in [-0.2, -0.15) is 0 Å². The molecular weight excluding hydrogens is 228 g/mol. The summed E-state index contributed by atoms with van der Waals surface area (Å²) in [4.78, 5) is 16.5. The van der Waals surface area contributed by atoms with Crippen molar-refractivity contribution in [3.05, 3.63) is 0 Å². The van der Waals surface area contributed by atoms with Gasteiger partial charge in [-0.05, 0) is 38.1 Å². The molecule has 2 saturated carbocycles. The minimum Gasteiger partial charge on any atom is -0.469 e. The molecule has 3 rings (SSSR count). The van der Waals surface area contributed by atoms with Crippen LogP contribution in [0, 0.1) is 11.3 Å². The van der Waals surface area contributed by atoms with E-state index in [9.17, 15) is 4.79 Å². The lowest BCUT2D eigenvalue weighted by atomic mass is 9.49. The Labute approximate surface area is 109 Å². The van der Waals surface area contributed by atoms with Gasteiger partial charge in [0.2, 0.25) is 0 Å². The standard InChI is InChI=1S/C14H24N2O2/c1-15-3-5-16(6-4-15)12-9-14(10-12)7-11(8-14)13(17)18-2/h11-12H,3-10H2,1-2H3. The Morgan fingerprint density at radius 1 is 1.11 bits per heavy atom. The van der Waals surface area contributed by atoms with E-state index in [2.05, 4.69) is 16.8 Å². The number of ether oxygens (including phenoxy) is 1. The Bertz CT molecular complexity index is 323. The summed E-state index contributed by atoms with van der Waals surface area (Å²) in [5.41, 5.74) is 0.507. The first kappa shape index (κ1) is 12.4. The third-order valence-corrected chi connectivity index (χ3v) is 5.28. The van der Waals surface area contributed by atoms with Crippen LogP contribution in [0.1, 0.15) is 25.7 Å². The smallest absolute Gasteiger partial charge is 0.308 e. The SMILES string of the molecule is COC(=O)C1CC2(C1)CC(N1CCN(C)CC1)C2. The molecule has 0 aromatic carbocycles. The topological polar surface area (TPSA) is 32.8 Å². The molecule has 1 aliphatic heterocycles. The third kappa shape index (κ3) is 2.05. The second-order valence-electron chi connectivity index (χ2n) is 6.53. The van der Waals surface area contributed by atoms with Gasteiger partial charge < -0.3 is 9.64 Å². The highest BCUT2D eigenvalue weighted by atomic mass is 16.5. The fraction of sp³-hybridized carbons (Fsp3) is 0.929. The van der Waals surface area contributed by atoms with Crippen LogP contribution in [0.2, 0.25) is 0 Å². The normalized spacial score (nSPS) is 41.2. The molecule has 3 fully saturated rings. The first-order valence-electron chi connectivity index (χ1n) is 7.12. The van der Waals surface area contributed by atoms with Crippen molar-refractivity contribution in [3.8, 4) is 0 Å². The summed E-state index contributed by atoms with van der Waals surface area (Å²) in [6, 6.07) is 0.789. The fourth-order valence-corrected chi connectivity index (χ4v) is 4.04. The molecule has 18 heavy (non-hydrogen) atoms. The van der Waals surface area contributed by atoms with Crippen molar-refractivity contribution >= 4 is 5.97 Å². The van der Waals surface area contributed by atoms with Gasteiger partial charge in [-0.15, -0.1) is 0 Å². The highest BCUT2D eigenvalue weighted by Gasteiger charge is 2.56. The molecule has 0 N–H and O–H groups in total. The van der Waals surface area contributed by atoms with Gasteiger partial charge in [0.15, 0.2) is 0 Å². The third-order valence-electron chi connectivity index (χ3n) is 5.28. The van der Waals surface area contributed by atoms with Crippen LogP contribution >= 0.6 is 0 Å². The molecule has 3 aliphatic rings. The number of hydrogen-bond acceptors (Lipinski definition) is 4. The summed E-state index contributed by atoms with van der Waals surface area (Å²) in [6.07, 6.45) is 4.77. The van der Waals surface area contributed by atoms with Crippen molar-refractivity contribution in [2.45, 2.75) is 31.7 Å². The maximum Gasteiger partial charge on any atom is 0.308 e. The average Bonchev–Trinajstić information content (AvgIpc) is 2.27. The van der Waals surface area contributed by atoms with E-state index in [0.29, 0.717) is 5.41 Å². The van der Waals surface area contributed by atoms with Crippen LogP contribution in [-0.4, -0.2) is 62.1 Å².